The molecule has 0 unspecified atom stereocenters. The number of alkyl halides is 3. The summed E-state index contributed by atoms with van der Waals surface area (Å²) in [6.07, 6.45) is 0.0114. The maximum atomic E-state index is 15.6. The van der Waals surface area contributed by atoms with Gasteiger partial charge in [-0.25, -0.2) is 19.2 Å². The van der Waals surface area contributed by atoms with Crippen LogP contribution in [0.1, 0.15) is 78.5 Å². The van der Waals surface area contributed by atoms with Gasteiger partial charge in [0.2, 0.25) is 0 Å². The average molecular weight is 639 g/mol. The van der Waals surface area contributed by atoms with Crippen molar-refractivity contribution in [3.63, 3.8) is 0 Å². The number of pyridine rings is 1. The fourth-order valence-electron chi connectivity index (χ4n) is 5.77. The lowest BCUT2D eigenvalue weighted by molar-refractivity contribution is -0.163. The van der Waals surface area contributed by atoms with E-state index in [0.29, 0.717) is 28.5 Å². The molecule has 1 aromatic carbocycles. The largest absolute Gasteiger partial charge is 0.411 e. The molecule has 0 atom stereocenters. The number of aliphatic imine (C=N–C) groups is 1. The number of amidine groups is 1. The number of fused-ring (bicyclic) bond motifs is 3. The molecule has 2 aromatic heterocycles. The topological polar surface area (TPSA) is 108 Å². The second kappa shape index (κ2) is 11.6. The van der Waals surface area contributed by atoms with Gasteiger partial charge in [0, 0.05) is 25.6 Å². The van der Waals surface area contributed by atoms with Gasteiger partial charge in [-0.15, -0.1) is 0 Å². The Kier molecular flexibility index (Phi) is 7.85. The van der Waals surface area contributed by atoms with Crippen molar-refractivity contribution < 1.29 is 27.2 Å². The van der Waals surface area contributed by atoms with Crippen LogP contribution >= 0.6 is 0 Å². The highest BCUT2D eigenvalue weighted by atomic mass is 19.4. The first-order valence-electron chi connectivity index (χ1n) is 15.0. The van der Waals surface area contributed by atoms with Crippen LogP contribution in [0.25, 0.3) is 5.69 Å². The van der Waals surface area contributed by atoms with Crippen LogP contribution in [0.2, 0.25) is 0 Å². The van der Waals surface area contributed by atoms with Gasteiger partial charge < -0.3 is 25.0 Å². The number of anilines is 1. The summed E-state index contributed by atoms with van der Waals surface area (Å²) in [7, 11) is 1.62. The molecule has 46 heavy (non-hydrogen) atoms. The quantitative estimate of drug-likeness (QED) is 0.191. The Morgan fingerprint density at radius 1 is 1.20 bits per heavy atom. The number of halogens is 4. The normalized spacial score (nSPS) is 17.1. The molecular formula is C32H34F4N8O2. The fraction of sp³-hybridized carbons (Fsp3) is 0.406. The van der Waals surface area contributed by atoms with Crippen LogP contribution in [0.3, 0.4) is 0 Å². The highest BCUT2D eigenvalue weighted by molar-refractivity contribution is 6.05. The zero-order valence-electron chi connectivity index (χ0n) is 25.7. The van der Waals surface area contributed by atoms with Crippen LogP contribution in [0.15, 0.2) is 54.4 Å². The van der Waals surface area contributed by atoms with E-state index in [1.54, 1.807) is 42.3 Å². The number of carbonyl (C=O) groups excluding carboxylic acids is 2. The Bertz CT molecular complexity index is 1740. The third kappa shape index (κ3) is 5.71. The van der Waals surface area contributed by atoms with Crippen molar-refractivity contribution in [1.29, 1.82) is 0 Å². The molecule has 6 rings (SSSR count). The number of rotatable bonds is 7. The van der Waals surface area contributed by atoms with Gasteiger partial charge in [0.1, 0.15) is 22.9 Å². The van der Waals surface area contributed by atoms with E-state index in [4.69, 9.17) is 0 Å². The van der Waals surface area contributed by atoms with Crippen molar-refractivity contribution in [2.75, 3.05) is 12.4 Å². The second-order valence-corrected chi connectivity index (χ2v) is 12.1. The summed E-state index contributed by atoms with van der Waals surface area (Å²) in [4.78, 5) is 43.2. The Morgan fingerprint density at radius 2 is 1.93 bits per heavy atom. The molecule has 3 heterocycles. The smallest absolute Gasteiger partial charge is 0.330 e. The standard InChI is InChI=1S/C32H34F4N8O2/c1-5-43(18(2)3)28(37-4)23-7-6-8-26(39-23)40-29(45)21-14-24-20(13-22(21)33)15-42(30(46)41-31(11-12-31)32(34,35)36)16-25-27(19-9-10-19)38-17-44(24)25/h5-8,13-14,17-19H,1,9-12,15-16H2,2-4H3,(H,41,46)(H,39,40,45). The number of benzene rings is 1. The van der Waals surface area contributed by atoms with Crippen molar-refractivity contribution in [2.45, 2.75) is 76.3 Å². The summed E-state index contributed by atoms with van der Waals surface area (Å²) in [6.45, 7) is 7.58. The molecule has 2 fully saturated rings. The molecule has 3 amide bonds. The summed E-state index contributed by atoms with van der Waals surface area (Å²) >= 11 is 0. The minimum Gasteiger partial charge on any atom is -0.330 e. The van der Waals surface area contributed by atoms with E-state index >= 15 is 4.39 Å². The Labute approximate surface area is 263 Å². The van der Waals surface area contributed by atoms with Crippen LogP contribution in [-0.4, -0.2) is 66.9 Å². The highest BCUT2D eigenvalue weighted by Crippen LogP contribution is 2.49. The maximum absolute atomic E-state index is 15.6. The third-order valence-corrected chi connectivity index (χ3v) is 8.59. The van der Waals surface area contributed by atoms with E-state index in [-0.39, 0.29) is 49.3 Å². The van der Waals surface area contributed by atoms with Gasteiger partial charge in [0.05, 0.1) is 35.5 Å². The number of carbonyl (C=O) groups is 2. The number of urea groups is 1. The number of hydrogen-bond donors (Lipinski definition) is 2. The van der Waals surface area contributed by atoms with Gasteiger partial charge >= 0.3 is 12.2 Å². The molecule has 0 radical (unpaired) electrons. The summed E-state index contributed by atoms with van der Waals surface area (Å²) in [5, 5.41) is 4.84. The number of nitrogens with zero attached hydrogens (tertiary/aromatic N) is 6. The van der Waals surface area contributed by atoms with Crippen molar-refractivity contribution >= 4 is 23.6 Å². The van der Waals surface area contributed by atoms with E-state index in [2.05, 4.69) is 32.2 Å². The minimum absolute atomic E-state index is 0.0282. The Hall–Kier alpha value is -4.75. The Balaban J connectivity index is 1.31. The molecule has 10 nitrogen and oxygen atoms in total. The van der Waals surface area contributed by atoms with E-state index < -0.39 is 29.5 Å². The predicted molar refractivity (Wildman–Crippen MR) is 163 cm³/mol. The number of imidazole rings is 1. The number of hydrogen-bond acceptors (Lipinski definition) is 5. The average Bonchev–Trinajstić information content (AvgIpc) is 3.93. The third-order valence-electron chi connectivity index (χ3n) is 8.59. The van der Waals surface area contributed by atoms with Gasteiger partial charge in [-0.1, -0.05) is 12.6 Å². The summed E-state index contributed by atoms with van der Waals surface area (Å²) in [6, 6.07) is 6.67. The monoisotopic (exact) mass is 638 g/mol. The van der Waals surface area contributed by atoms with Crippen LogP contribution in [0.5, 0.6) is 0 Å². The molecule has 2 N–H and O–H groups in total. The van der Waals surface area contributed by atoms with Crippen LogP contribution in [0, 0.1) is 5.82 Å². The first kappa shape index (κ1) is 31.2. The van der Waals surface area contributed by atoms with Crippen molar-refractivity contribution in [3.05, 3.63) is 83.5 Å². The van der Waals surface area contributed by atoms with Crippen molar-refractivity contribution in [1.82, 2.24) is 29.7 Å². The zero-order valence-corrected chi connectivity index (χ0v) is 25.7. The second-order valence-electron chi connectivity index (χ2n) is 12.1. The first-order valence-corrected chi connectivity index (χ1v) is 15.0. The lowest BCUT2D eigenvalue weighted by Gasteiger charge is -2.27. The van der Waals surface area contributed by atoms with E-state index in [1.165, 1.54) is 11.0 Å². The molecule has 2 aliphatic carbocycles. The van der Waals surface area contributed by atoms with Gasteiger partial charge in [0.15, 0.2) is 5.84 Å². The van der Waals surface area contributed by atoms with Crippen LogP contribution < -0.4 is 10.6 Å². The van der Waals surface area contributed by atoms with Gasteiger partial charge in [-0.05, 0) is 75.6 Å². The van der Waals surface area contributed by atoms with Gasteiger partial charge in [-0.3, -0.25) is 9.79 Å². The molecule has 2 saturated carbocycles. The molecule has 0 saturated heterocycles. The van der Waals surface area contributed by atoms with E-state index in [0.717, 1.165) is 24.6 Å². The minimum atomic E-state index is -4.58. The van der Waals surface area contributed by atoms with E-state index in [9.17, 15) is 22.8 Å². The zero-order chi connectivity index (χ0) is 33.0. The fourth-order valence-corrected chi connectivity index (χ4v) is 5.77. The Morgan fingerprint density at radius 3 is 2.54 bits per heavy atom. The number of aromatic nitrogens is 3. The summed E-state index contributed by atoms with van der Waals surface area (Å²) < 4.78 is 58.3. The molecule has 3 aliphatic rings. The van der Waals surface area contributed by atoms with Crippen molar-refractivity contribution in [2.24, 2.45) is 4.99 Å². The molecule has 0 spiro atoms. The maximum Gasteiger partial charge on any atom is 0.411 e. The highest BCUT2D eigenvalue weighted by Gasteiger charge is 2.64. The molecular weight excluding hydrogens is 604 g/mol. The first-order chi connectivity index (χ1) is 21.9. The van der Waals surface area contributed by atoms with E-state index in [1.807, 2.05) is 18.7 Å². The number of nitrogens with one attached hydrogen (secondary N) is 2. The molecule has 14 heteroatoms. The number of amides is 3. The molecule has 1 aliphatic heterocycles. The SMILES string of the molecule is C=CN(C(=NC)c1cccc(NC(=O)c2cc3c(cc2F)CN(C(=O)NC2(C(F)(F)F)CC2)Cc2c(C4CC4)ncn2-3)n1)C(C)C. The molecule has 242 valence electrons. The lowest BCUT2D eigenvalue weighted by atomic mass is 10.1. The predicted octanol–water partition coefficient (Wildman–Crippen LogP) is 5.89. The van der Waals surface area contributed by atoms with Crippen LogP contribution in [-0.2, 0) is 13.1 Å². The van der Waals surface area contributed by atoms with Crippen molar-refractivity contribution in [3.8, 4) is 5.69 Å². The molecule has 0 bridgehead atoms. The lowest BCUT2D eigenvalue weighted by Crippen LogP contribution is -2.52. The molecule has 3 aromatic rings. The van der Waals surface area contributed by atoms with Crippen LogP contribution in [0.4, 0.5) is 28.2 Å². The van der Waals surface area contributed by atoms with Gasteiger partial charge in [0.25, 0.3) is 5.91 Å². The summed E-state index contributed by atoms with van der Waals surface area (Å²) in [5.41, 5.74) is 0.0372. The summed E-state index contributed by atoms with van der Waals surface area (Å²) in [5.74, 6) is -0.743. The van der Waals surface area contributed by atoms with Gasteiger partial charge in [-0.2, -0.15) is 13.2 Å².